The summed E-state index contributed by atoms with van der Waals surface area (Å²) in [4.78, 5) is 16.3. The third-order valence-corrected chi connectivity index (χ3v) is 4.99. The molecule has 0 aliphatic carbocycles. The fourth-order valence-electron chi connectivity index (χ4n) is 2.79. The summed E-state index contributed by atoms with van der Waals surface area (Å²) in [5.41, 5.74) is 1.05. The number of benzene rings is 1. The number of thiazole rings is 1. The maximum atomic E-state index is 12.4. The molecule has 0 N–H and O–H groups in total. The number of likely N-dealkylation sites (tertiary alicyclic amines) is 1. The number of carbonyl (C=O) groups excluding carboxylic acids is 1. The highest BCUT2D eigenvalue weighted by Gasteiger charge is 2.22. The second-order valence-electron chi connectivity index (χ2n) is 6.14. The number of halogens is 2. The van der Waals surface area contributed by atoms with Crippen molar-refractivity contribution in [2.45, 2.75) is 32.3 Å². The number of hydrogen-bond acceptors (Lipinski definition) is 6. The summed E-state index contributed by atoms with van der Waals surface area (Å²) in [6.07, 6.45) is 1.27. The summed E-state index contributed by atoms with van der Waals surface area (Å²) in [6.45, 7) is 3.61. The Labute approximate surface area is 161 Å². The number of methoxy groups -OCH3 is 1. The normalized spacial score (nSPS) is 15.1. The molecular formula is C19H24F2N2O3S. The number of hydrogen-bond donors (Lipinski definition) is 0. The first kappa shape index (κ1) is 21.2. The third-order valence-electron chi connectivity index (χ3n) is 4.03. The second-order valence-corrected chi connectivity index (χ2v) is 7.38. The summed E-state index contributed by atoms with van der Waals surface area (Å²) in [5, 5.41) is 0.986. The van der Waals surface area contributed by atoms with E-state index in [0.717, 1.165) is 29.2 Å². The molecule has 1 aromatic carbocycles. The Morgan fingerprint density at radius 3 is 2.63 bits per heavy atom. The van der Waals surface area contributed by atoms with Gasteiger partial charge in [-0.05, 0) is 31.9 Å². The number of carbonyl (C=O) groups is 1. The van der Waals surface area contributed by atoms with E-state index in [0.29, 0.717) is 19.6 Å². The zero-order valence-corrected chi connectivity index (χ0v) is 16.3. The summed E-state index contributed by atoms with van der Waals surface area (Å²) in [7, 11) is 1.31. The van der Waals surface area contributed by atoms with E-state index in [4.69, 9.17) is 9.53 Å². The standard InChI is InChI=1S/C17H20F2N2OS.C2H4O2/c1-12-10-20-17(23-12)13-3-2-4-15(9-13)22-14-5-7-21(8-6-14)11-16(18)19;1-4-2-3/h2-4,9-10,14,16H,5-8,11H2,1H3;2H,1H3. The molecule has 2 aromatic rings. The molecule has 3 rings (SSSR count). The molecule has 5 nitrogen and oxygen atoms in total. The van der Waals surface area contributed by atoms with Crippen LogP contribution in [-0.2, 0) is 9.53 Å². The lowest BCUT2D eigenvalue weighted by molar-refractivity contribution is -0.126. The maximum Gasteiger partial charge on any atom is 0.292 e. The van der Waals surface area contributed by atoms with Gasteiger partial charge in [0.2, 0.25) is 0 Å². The van der Waals surface area contributed by atoms with Gasteiger partial charge in [-0.1, -0.05) is 12.1 Å². The molecule has 0 saturated carbocycles. The lowest BCUT2D eigenvalue weighted by atomic mass is 10.1. The summed E-state index contributed by atoms with van der Waals surface area (Å²) in [5.74, 6) is 0.822. The Bertz CT molecular complexity index is 704. The number of nitrogens with zero attached hydrogens (tertiary/aromatic N) is 2. The molecule has 0 unspecified atom stereocenters. The first-order valence-corrected chi connectivity index (χ1v) is 9.50. The zero-order chi connectivity index (χ0) is 19.6. The highest BCUT2D eigenvalue weighted by Crippen LogP contribution is 2.28. The van der Waals surface area contributed by atoms with Crippen LogP contribution in [0.2, 0.25) is 0 Å². The summed E-state index contributed by atoms with van der Waals surface area (Å²) in [6, 6.07) is 7.93. The van der Waals surface area contributed by atoms with Crippen LogP contribution in [0.1, 0.15) is 17.7 Å². The van der Waals surface area contributed by atoms with Crippen molar-refractivity contribution in [1.82, 2.24) is 9.88 Å². The van der Waals surface area contributed by atoms with E-state index in [1.54, 1.807) is 16.2 Å². The predicted molar refractivity (Wildman–Crippen MR) is 101 cm³/mol. The number of aryl methyl sites for hydroxylation is 1. The highest BCUT2D eigenvalue weighted by molar-refractivity contribution is 7.14. The van der Waals surface area contributed by atoms with Gasteiger partial charge in [0.15, 0.2) is 0 Å². The fraction of sp³-hybridized carbons (Fsp3) is 0.474. The number of piperidine rings is 1. The van der Waals surface area contributed by atoms with Gasteiger partial charge in [-0.25, -0.2) is 13.8 Å². The zero-order valence-electron chi connectivity index (χ0n) is 15.4. The van der Waals surface area contributed by atoms with Gasteiger partial charge in [-0.15, -0.1) is 11.3 Å². The predicted octanol–water partition coefficient (Wildman–Crippen LogP) is 4.02. The maximum absolute atomic E-state index is 12.4. The van der Waals surface area contributed by atoms with Crippen molar-refractivity contribution < 1.29 is 23.0 Å². The largest absolute Gasteiger partial charge is 0.490 e. The monoisotopic (exact) mass is 398 g/mol. The average molecular weight is 398 g/mol. The minimum atomic E-state index is -2.26. The lowest BCUT2D eigenvalue weighted by Crippen LogP contribution is -2.40. The molecule has 1 aliphatic heterocycles. The highest BCUT2D eigenvalue weighted by atomic mass is 32.1. The molecule has 8 heteroatoms. The molecule has 27 heavy (non-hydrogen) atoms. The molecule has 0 amide bonds. The van der Waals surface area contributed by atoms with E-state index in [1.807, 2.05) is 37.4 Å². The molecule has 1 saturated heterocycles. The van der Waals surface area contributed by atoms with Crippen molar-refractivity contribution in [1.29, 1.82) is 0 Å². The summed E-state index contributed by atoms with van der Waals surface area (Å²) < 4.78 is 34.7. The van der Waals surface area contributed by atoms with Crippen LogP contribution in [0.25, 0.3) is 10.6 Å². The van der Waals surface area contributed by atoms with Crippen molar-refractivity contribution in [2.24, 2.45) is 0 Å². The van der Waals surface area contributed by atoms with Gasteiger partial charge in [0.25, 0.3) is 12.9 Å². The van der Waals surface area contributed by atoms with Gasteiger partial charge in [0, 0.05) is 29.7 Å². The van der Waals surface area contributed by atoms with Crippen LogP contribution >= 0.6 is 11.3 Å². The van der Waals surface area contributed by atoms with Crippen LogP contribution in [-0.4, -0.2) is 55.6 Å². The Balaban J connectivity index is 0.000000596. The van der Waals surface area contributed by atoms with E-state index < -0.39 is 6.43 Å². The number of rotatable bonds is 6. The SMILES string of the molecule is COC=O.Cc1cnc(-c2cccc(OC3CCN(CC(F)F)CC3)c2)s1. The van der Waals surface area contributed by atoms with E-state index in [-0.39, 0.29) is 12.6 Å². The molecule has 0 atom stereocenters. The fourth-order valence-corrected chi connectivity index (χ4v) is 3.55. The minimum Gasteiger partial charge on any atom is -0.490 e. The van der Waals surface area contributed by atoms with Crippen LogP contribution < -0.4 is 4.74 Å². The van der Waals surface area contributed by atoms with Crippen molar-refractivity contribution in [3.63, 3.8) is 0 Å². The van der Waals surface area contributed by atoms with Crippen molar-refractivity contribution >= 4 is 17.8 Å². The quantitative estimate of drug-likeness (QED) is 0.688. The van der Waals surface area contributed by atoms with Gasteiger partial charge in [-0.2, -0.15) is 0 Å². The van der Waals surface area contributed by atoms with Gasteiger partial charge in [0.1, 0.15) is 16.9 Å². The molecule has 1 aromatic heterocycles. The molecule has 0 radical (unpaired) electrons. The number of alkyl halides is 2. The number of ether oxygens (including phenoxy) is 2. The Morgan fingerprint density at radius 1 is 1.37 bits per heavy atom. The van der Waals surface area contributed by atoms with Gasteiger partial charge in [-0.3, -0.25) is 9.69 Å². The Hall–Kier alpha value is -2.06. The van der Waals surface area contributed by atoms with Crippen LogP contribution in [0, 0.1) is 6.92 Å². The van der Waals surface area contributed by atoms with Gasteiger partial charge in [0.05, 0.1) is 13.7 Å². The average Bonchev–Trinajstić information content (AvgIpc) is 3.10. The summed E-state index contributed by atoms with van der Waals surface area (Å²) >= 11 is 1.66. The van der Waals surface area contributed by atoms with Gasteiger partial charge >= 0.3 is 0 Å². The molecule has 0 bridgehead atoms. The Morgan fingerprint density at radius 2 is 2.07 bits per heavy atom. The molecule has 1 aliphatic rings. The topological polar surface area (TPSA) is 51.7 Å². The molecule has 148 valence electrons. The number of aromatic nitrogens is 1. The van der Waals surface area contributed by atoms with Crippen molar-refractivity contribution in [3.8, 4) is 16.3 Å². The molecule has 2 heterocycles. The minimum absolute atomic E-state index is 0.0946. The second kappa shape index (κ2) is 10.9. The first-order valence-electron chi connectivity index (χ1n) is 8.68. The van der Waals surface area contributed by atoms with Crippen molar-refractivity contribution in [3.05, 3.63) is 35.3 Å². The first-order chi connectivity index (χ1) is 13.0. The van der Waals surface area contributed by atoms with Crippen LogP contribution in [0.5, 0.6) is 5.75 Å². The Kier molecular flexibility index (Phi) is 8.60. The third kappa shape index (κ3) is 7.22. The lowest BCUT2D eigenvalue weighted by Gasteiger charge is -2.31. The smallest absolute Gasteiger partial charge is 0.292 e. The van der Waals surface area contributed by atoms with Crippen LogP contribution in [0.15, 0.2) is 30.5 Å². The molecule has 1 fully saturated rings. The van der Waals surface area contributed by atoms with Crippen LogP contribution in [0.4, 0.5) is 8.78 Å². The van der Waals surface area contributed by atoms with E-state index in [2.05, 4.69) is 9.72 Å². The van der Waals surface area contributed by atoms with Crippen LogP contribution in [0.3, 0.4) is 0 Å². The van der Waals surface area contributed by atoms with Crippen molar-refractivity contribution in [2.75, 3.05) is 26.7 Å². The molecule has 0 spiro atoms. The molecular weight excluding hydrogens is 374 g/mol. The van der Waals surface area contributed by atoms with E-state index >= 15 is 0 Å². The van der Waals surface area contributed by atoms with Gasteiger partial charge < -0.3 is 9.47 Å². The van der Waals surface area contributed by atoms with E-state index in [9.17, 15) is 8.78 Å². The van der Waals surface area contributed by atoms with E-state index in [1.165, 1.54) is 12.0 Å².